The Morgan fingerprint density at radius 1 is 1.29 bits per heavy atom. The lowest BCUT2D eigenvalue weighted by molar-refractivity contribution is -0.128. The predicted molar refractivity (Wildman–Crippen MR) is 96.9 cm³/mol. The normalized spacial score (nSPS) is 22.2. The van der Waals surface area contributed by atoms with Gasteiger partial charge >= 0.3 is 0 Å². The van der Waals surface area contributed by atoms with Gasteiger partial charge in [-0.2, -0.15) is 5.10 Å². The highest BCUT2D eigenvalue weighted by molar-refractivity contribution is 7.80. The first kappa shape index (κ1) is 18.1. The minimum Gasteiger partial charge on any atom is -0.353 e. The van der Waals surface area contributed by atoms with Crippen LogP contribution in [0.2, 0.25) is 0 Å². The molecule has 8 nitrogen and oxygen atoms in total. The molecule has 2 aliphatic heterocycles. The van der Waals surface area contributed by atoms with Crippen molar-refractivity contribution in [2.45, 2.75) is 20.3 Å². The summed E-state index contributed by atoms with van der Waals surface area (Å²) < 4.78 is 0. The van der Waals surface area contributed by atoms with E-state index in [-0.39, 0.29) is 18.4 Å². The Morgan fingerprint density at radius 3 is 2.75 bits per heavy atom. The molecule has 0 aliphatic carbocycles. The number of nitrogens with one attached hydrogen (secondary N) is 2. The second-order valence-corrected chi connectivity index (χ2v) is 5.88. The fraction of sp³-hybridized carbons (Fsp3) is 0.533. The zero-order valence-electron chi connectivity index (χ0n) is 13.9. The van der Waals surface area contributed by atoms with Crippen molar-refractivity contribution in [2.75, 3.05) is 32.7 Å². The largest absolute Gasteiger partial charge is 0.353 e. The molecule has 0 unspecified atom stereocenters. The van der Waals surface area contributed by atoms with E-state index in [0.29, 0.717) is 37.7 Å². The van der Waals surface area contributed by atoms with E-state index < -0.39 is 0 Å². The number of carbonyl (C=O) groups excluding carboxylic acids is 2. The summed E-state index contributed by atoms with van der Waals surface area (Å²) in [6.45, 7) is 5.90. The van der Waals surface area contributed by atoms with Gasteiger partial charge in [0.25, 0.3) is 0 Å². The first-order valence-electron chi connectivity index (χ1n) is 7.83. The first-order chi connectivity index (χ1) is 11.5. The van der Waals surface area contributed by atoms with Crippen molar-refractivity contribution in [2.24, 2.45) is 10.1 Å². The van der Waals surface area contributed by atoms with Gasteiger partial charge in [0, 0.05) is 39.2 Å². The number of allylic oxidation sites excluding steroid dienone is 1. The van der Waals surface area contributed by atoms with Crippen molar-refractivity contribution in [3.8, 4) is 0 Å². The molecule has 0 spiro atoms. The predicted octanol–water partition coefficient (Wildman–Crippen LogP) is -0.124. The number of piperidine rings is 1. The minimum absolute atomic E-state index is 0.0186. The molecular weight excluding hydrogens is 328 g/mol. The fourth-order valence-corrected chi connectivity index (χ4v) is 2.60. The maximum atomic E-state index is 11.6. The Bertz CT molecular complexity index is 613. The van der Waals surface area contributed by atoms with Crippen molar-refractivity contribution in [1.82, 2.24) is 20.5 Å². The van der Waals surface area contributed by atoms with Crippen LogP contribution in [0.3, 0.4) is 0 Å². The van der Waals surface area contributed by atoms with Crippen LogP contribution in [0, 0.1) is 0 Å². The van der Waals surface area contributed by atoms with Crippen LogP contribution in [0.1, 0.15) is 20.3 Å². The van der Waals surface area contributed by atoms with Gasteiger partial charge in [0.05, 0.1) is 24.5 Å². The van der Waals surface area contributed by atoms with Crippen LogP contribution in [0.4, 0.5) is 0 Å². The van der Waals surface area contributed by atoms with Crippen LogP contribution in [0.5, 0.6) is 0 Å². The first-order valence-corrected chi connectivity index (χ1v) is 8.24. The summed E-state index contributed by atoms with van der Waals surface area (Å²) in [5, 5.41) is 7.52. The molecule has 0 aromatic rings. The molecule has 0 bridgehead atoms. The molecule has 9 heteroatoms. The van der Waals surface area contributed by atoms with Crippen molar-refractivity contribution in [1.29, 1.82) is 0 Å². The Morgan fingerprint density at radius 2 is 2.08 bits per heavy atom. The molecule has 2 rings (SSSR count). The molecule has 2 fully saturated rings. The van der Waals surface area contributed by atoms with Crippen LogP contribution >= 0.6 is 12.2 Å². The summed E-state index contributed by atoms with van der Waals surface area (Å²) in [5.74, 6) is -0.0341. The number of nitrogens with zero attached hydrogens (tertiary/aromatic N) is 4. The zero-order chi connectivity index (χ0) is 17.5. The van der Waals surface area contributed by atoms with Crippen molar-refractivity contribution >= 4 is 40.6 Å². The summed E-state index contributed by atoms with van der Waals surface area (Å²) in [6, 6.07) is 0. The summed E-state index contributed by atoms with van der Waals surface area (Å²) in [4.78, 5) is 30.8. The highest BCUT2D eigenvalue weighted by Gasteiger charge is 2.23. The van der Waals surface area contributed by atoms with E-state index >= 15 is 0 Å². The van der Waals surface area contributed by atoms with Crippen molar-refractivity contribution in [3.63, 3.8) is 0 Å². The molecule has 0 saturated carbocycles. The van der Waals surface area contributed by atoms with E-state index in [1.165, 1.54) is 0 Å². The SMILES string of the molecule is C\C=C/N=C1\CN(C(C)=O)CC\C1=N\NC(=S)N1CCNC(=O)C1. The number of hydrogen-bond acceptors (Lipinski definition) is 5. The van der Waals surface area contributed by atoms with Crippen LogP contribution in [0.15, 0.2) is 22.4 Å². The van der Waals surface area contributed by atoms with Gasteiger partial charge in [-0.1, -0.05) is 6.08 Å². The maximum Gasteiger partial charge on any atom is 0.239 e. The van der Waals surface area contributed by atoms with Gasteiger partial charge in [-0.3, -0.25) is 20.0 Å². The Balaban J connectivity index is 2.04. The molecule has 0 aromatic carbocycles. The smallest absolute Gasteiger partial charge is 0.239 e. The Kier molecular flexibility index (Phi) is 6.42. The van der Waals surface area contributed by atoms with Crippen LogP contribution in [-0.2, 0) is 9.59 Å². The van der Waals surface area contributed by atoms with Gasteiger partial charge in [-0.25, -0.2) is 0 Å². The van der Waals surface area contributed by atoms with Crippen molar-refractivity contribution in [3.05, 3.63) is 12.3 Å². The number of piperazine rings is 1. The van der Waals surface area contributed by atoms with Gasteiger partial charge in [0.1, 0.15) is 0 Å². The molecule has 0 aromatic heterocycles. The lowest BCUT2D eigenvalue weighted by atomic mass is 10.1. The molecule has 130 valence electrons. The highest BCUT2D eigenvalue weighted by atomic mass is 32.1. The molecule has 0 atom stereocenters. The quantitative estimate of drug-likeness (QED) is 0.535. The van der Waals surface area contributed by atoms with Gasteiger partial charge in [-0.15, -0.1) is 0 Å². The van der Waals surface area contributed by atoms with Gasteiger partial charge in [0.15, 0.2) is 5.11 Å². The van der Waals surface area contributed by atoms with E-state index in [1.807, 2.05) is 13.0 Å². The van der Waals surface area contributed by atoms with Gasteiger partial charge in [-0.05, 0) is 19.1 Å². The molecule has 2 aliphatic rings. The average Bonchev–Trinajstić information content (AvgIpc) is 2.58. The number of aliphatic imine (C=N–C) groups is 1. The number of thiocarbonyl (C=S) groups is 1. The van der Waals surface area contributed by atoms with Gasteiger partial charge < -0.3 is 15.1 Å². The number of hydrazone groups is 1. The van der Waals surface area contributed by atoms with E-state index in [0.717, 1.165) is 11.4 Å². The van der Waals surface area contributed by atoms with Crippen LogP contribution < -0.4 is 10.7 Å². The number of amides is 2. The zero-order valence-corrected chi connectivity index (χ0v) is 14.7. The molecule has 0 radical (unpaired) electrons. The van der Waals surface area contributed by atoms with Crippen LogP contribution in [0.25, 0.3) is 0 Å². The molecule has 2 heterocycles. The molecule has 2 saturated heterocycles. The molecule has 2 amide bonds. The Hall–Kier alpha value is -2.29. The molecule has 2 N–H and O–H groups in total. The third kappa shape index (κ3) is 4.85. The number of rotatable bonds is 2. The second kappa shape index (κ2) is 8.53. The minimum atomic E-state index is -0.0526. The van der Waals surface area contributed by atoms with Crippen molar-refractivity contribution < 1.29 is 9.59 Å². The lowest BCUT2D eigenvalue weighted by Gasteiger charge is -2.29. The Labute approximate surface area is 146 Å². The number of carbonyl (C=O) groups is 2. The van der Waals surface area contributed by atoms with E-state index in [2.05, 4.69) is 20.8 Å². The fourth-order valence-electron chi connectivity index (χ4n) is 2.40. The number of likely N-dealkylation sites (tertiary alicyclic amines) is 1. The summed E-state index contributed by atoms with van der Waals surface area (Å²) in [5.41, 5.74) is 4.36. The second-order valence-electron chi connectivity index (χ2n) is 5.50. The monoisotopic (exact) mass is 350 g/mol. The number of hydrogen-bond donors (Lipinski definition) is 2. The summed E-state index contributed by atoms with van der Waals surface area (Å²) in [6.07, 6.45) is 4.11. The van der Waals surface area contributed by atoms with Gasteiger partial charge in [0.2, 0.25) is 11.8 Å². The summed E-state index contributed by atoms with van der Waals surface area (Å²) in [7, 11) is 0. The standard InChI is InChI=1S/C15H22N6O2S/c1-3-5-16-13-9-20(11(2)22)7-4-12(13)18-19-15(24)21-8-6-17-14(23)10-21/h3,5H,4,6-10H2,1-2H3,(H,17,23)(H,19,24)/b5-3-,16-13+,18-12-. The van der Waals surface area contributed by atoms with E-state index in [1.54, 1.807) is 22.9 Å². The maximum absolute atomic E-state index is 11.6. The van der Waals surface area contributed by atoms with E-state index in [9.17, 15) is 9.59 Å². The summed E-state index contributed by atoms with van der Waals surface area (Å²) >= 11 is 5.30. The average molecular weight is 350 g/mol. The van der Waals surface area contributed by atoms with E-state index in [4.69, 9.17) is 12.2 Å². The lowest BCUT2D eigenvalue weighted by Crippen LogP contribution is -2.52. The molecular formula is C15H22N6O2S. The van der Waals surface area contributed by atoms with Crippen LogP contribution in [-0.4, -0.2) is 70.9 Å². The molecule has 24 heavy (non-hydrogen) atoms. The topological polar surface area (TPSA) is 89.4 Å². The highest BCUT2D eigenvalue weighted by Crippen LogP contribution is 2.07. The third-order valence-corrected chi connectivity index (χ3v) is 4.08. The third-order valence-electron chi connectivity index (χ3n) is 3.73.